The average Bonchev–Trinajstić information content (AvgIpc) is 2.25. The van der Waals surface area contributed by atoms with Crippen LogP contribution < -0.4 is 11.1 Å². The molecule has 4 nitrogen and oxygen atoms in total. The lowest BCUT2D eigenvalue weighted by atomic mass is 10.1. The Bertz CT molecular complexity index is 382. The standard InChI is InChI=1S/C11H15ClN2O2/c1-7(6-15)5-14-11(16)9-3-2-8(13)4-10(9)12/h2-4,7,15H,5-6,13H2,1H3,(H,14,16). The van der Waals surface area contributed by atoms with Crippen LogP contribution in [0.25, 0.3) is 0 Å². The van der Waals surface area contributed by atoms with Gasteiger partial charge in [-0.25, -0.2) is 0 Å². The summed E-state index contributed by atoms with van der Waals surface area (Å²) in [6, 6.07) is 4.73. The van der Waals surface area contributed by atoms with Crippen molar-refractivity contribution in [3.8, 4) is 0 Å². The highest BCUT2D eigenvalue weighted by Crippen LogP contribution is 2.18. The third-order valence-electron chi connectivity index (χ3n) is 2.16. The maximum Gasteiger partial charge on any atom is 0.252 e. The minimum atomic E-state index is -0.259. The van der Waals surface area contributed by atoms with E-state index in [1.165, 1.54) is 6.07 Å². The number of carbonyl (C=O) groups is 1. The van der Waals surface area contributed by atoms with Crippen molar-refractivity contribution in [2.75, 3.05) is 18.9 Å². The van der Waals surface area contributed by atoms with Crippen molar-refractivity contribution in [2.24, 2.45) is 5.92 Å². The smallest absolute Gasteiger partial charge is 0.252 e. The minimum Gasteiger partial charge on any atom is -0.399 e. The van der Waals surface area contributed by atoms with E-state index in [0.717, 1.165) is 0 Å². The molecule has 16 heavy (non-hydrogen) atoms. The molecule has 0 fully saturated rings. The van der Waals surface area contributed by atoms with E-state index < -0.39 is 0 Å². The Morgan fingerprint density at radius 1 is 1.62 bits per heavy atom. The highest BCUT2D eigenvalue weighted by molar-refractivity contribution is 6.34. The van der Waals surface area contributed by atoms with E-state index in [1.54, 1.807) is 12.1 Å². The van der Waals surface area contributed by atoms with E-state index in [0.29, 0.717) is 22.8 Å². The minimum absolute atomic E-state index is 0.0245. The van der Waals surface area contributed by atoms with Gasteiger partial charge in [0.1, 0.15) is 0 Å². The van der Waals surface area contributed by atoms with Gasteiger partial charge in [-0.05, 0) is 24.1 Å². The molecule has 0 bridgehead atoms. The summed E-state index contributed by atoms with van der Waals surface area (Å²) in [4.78, 5) is 11.7. The first-order valence-electron chi connectivity index (χ1n) is 4.98. The summed E-state index contributed by atoms with van der Waals surface area (Å²) < 4.78 is 0. The van der Waals surface area contributed by atoms with Crippen LogP contribution in [0.5, 0.6) is 0 Å². The molecule has 0 aliphatic heterocycles. The van der Waals surface area contributed by atoms with Gasteiger partial charge in [0.15, 0.2) is 0 Å². The van der Waals surface area contributed by atoms with E-state index in [4.69, 9.17) is 22.4 Å². The van der Waals surface area contributed by atoms with Crippen LogP contribution >= 0.6 is 11.6 Å². The molecule has 1 aromatic carbocycles. The number of halogens is 1. The van der Waals surface area contributed by atoms with Crippen LogP contribution in [0.4, 0.5) is 5.69 Å². The van der Waals surface area contributed by atoms with Crippen LogP contribution in [-0.4, -0.2) is 24.2 Å². The third-order valence-corrected chi connectivity index (χ3v) is 2.47. The van der Waals surface area contributed by atoms with Gasteiger partial charge in [-0.1, -0.05) is 18.5 Å². The zero-order chi connectivity index (χ0) is 12.1. The molecule has 0 saturated heterocycles. The highest BCUT2D eigenvalue weighted by Gasteiger charge is 2.11. The first-order chi connectivity index (χ1) is 7.54. The SMILES string of the molecule is CC(CO)CNC(=O)c1ccc(N)cc1Cl. The average molecular weight is 243 g/mol. The van der Waals surface area contributed by atoms with Gasteiger partial charge in [0.2, 0.25) is 0 Å². The maximum atomic E-state index is 11.7. The van der Waals surface area contributed by atoms with Gasteiger partial charge in [-0.15, -0.1) is 0 Å². The number of aliphatic hydroxyl groups is 1. The van der Waals surface area contributed by atoms with Crippen molar-refractivity contribution in [3.05, 3.63) is 28.8 Å². The maximum absolute atomic E-state index is 11.7. The molecule has 0 spiro atoms. The van der Waals surface area contributed by atoms with Gasteiger partial charge < -0.3 is 16.2 Å². The fraction of sp³-hybridized carbons (Fsp3) is 0.364. The Hall–Kier alpha value is -1.26. The van der Waals surface area contributed by atoms with Crippen molar-refractivity contribution in [1.82, 2.24) is 5.32 Å². The van der Waals surface area contributed by atoms with Gasteiger partial charge in [-0.3, -0.25) is 4.79 Å². The zero-order valence-electron chi connectivity index (χ0n) is 9.03. The molecule has 1 rings (SSSR count). The van der Waals surface area contributed by atoms with Crippen molar-refractivity contribution < 1.29 is 9.90 Å². The first-order valence-corrected chi connectivity index (χ1v) is 5.36. The molecule has 1 unspecified atom stereocenters. The van der Waals surface area contributed by atoms with E-state index in [1.807, 2.05) is 6.92 Å². The Morgan fingerprint density at radius 3 is 2.88 bits per heavy atom. The molecule has 0 heterocycles. The topological polar surface area (TPSA) is 75.3 Å². The molecule has 88 valence electrons. The predicted octanol–water partition coefficient (Wildman–Crippen LogP) is 1.28. The number of hydrogen-bond acceptors (Lipinski definition) is 3. The Balaban J connectivity index is 2.66. The lowest BCUT2D eigenvalue weighted by molar-refractivity contribution is 0.0942. The van der Waals surface area contributed by atoms with Crippen molar-refractivity contribution in [1.29, 1.82) is 0 Å². The van der Waals surface area contributed by atoms with E-state index in [-0.39, 0.29) is 18.4 Å². The van der Waals surface area contributed by atoms with E-state index in [9.17, 15) is 4.79 Å². The molecule has 0 aliphatic rings. The van der Waals surface area contributed by atoms with Crippen LogP contribution in [0.15, 0.2) is 18.2 Å². The number of nitrogen functional groups attached to an aromatic ring is 1. The van der Waals surface area contributed by atoms with Crippen LogP contribution in [0.2, 0.25) is 5.02 Å². The molecule has 1 aromatic rings. The van der Waals surface area contributed by atoms with Crippen molar-refractivity contribution in [3.63, 3.8) is 0 Å². The van der Waals surface area contributed by atoms with Gasteiger partial charge in [0, 0.05) is 18.8 Å². The van der Waals surface area contributed by atoms with Crippen molar-refractivity contribution in [2.45, 2.75) is 6.92 Å². The lowest BCUT2D eigenvalue weighted by Gasteiger charge is -2.10. The second-order valence-electron chi connectivity index (χ2n) is 3.74. The van der Waals surface area contributed by atoms with Crippen LogP contribution in [-0.2, 0) is 0 Å². The first kappa shape index (κ1) is 12.8. The molecular weight excluding hydrogens is 228 g/mol. The quantitative estimate of drug-likeness (QED) is 0.697. The summed E-state index contributed by atoms with van der Waals surface area (Å²) in [7, 11) is 0. The van der Waals surface area contributed by atoms with Gasteiger partial charge in [-0.2, -0.15) is 0 Å². The highest BCUT2D eigenvalue weighted by atomic mass is 35.5. The molecule has 1 atom stereocenters. The molecule has 4 N–H and O–H groups in total. The second kappa shape index (κ2) is 5.72. The number of anilines is 1. The fourth-order valence-electron chi connectivity index (χ4n) is 1.14. The number of hydrogen-bond donors (Lipinski definition) is 3. The number of benzene rings is 1. The number of nitrogens with two attached hydrogens (primary N) is 1. The summed E-state index contributed by atoms with van der Waals surface area (Å²) in [5, 5.41) is 11.8. The Kier molecular flexibility index (Phi) is 4.58. The fourth-order valence-corrected chi connectivity index (χ4v) is 1.42. The van der Waals surface area contributed by atoms with Crippen LogP contribution in [0.3, 0.4) is 0 Å². The normalized spacial score (nSPS) is 12.2. The van der Waals surface area contributed by atoms with Gasteiger partial charge in [0.05, 0.1) is 10.6 Å². The summed E-state index contributed by atoms with van der Waals surface area (Å²) >= 11 is 5.88. The number of rotatable bonds is 4. The monoisotopic (exact) mass is 242 g/mol. The van der Waals surface area contributed by atoms with Crippen LogP contribution in [0, 0.1) is 5.92 Å². The lowest BCUT2D eigenvalue weighted by Crippen LogP contribution is -2.29. The van der Waals surface area contributed by atoms with Crippen molar-refractivity contribution >= 4 is 23.2 Å². The number of nitrogens with one attached hydrogen (secondary N) is 1. The van der Waals surface area contributed by atoms with Gasteiger partial charge in [0.25, 0.3) is 5.91 Å². The molecule has 1 amide bonds. The summed E-state index contributed by atoms with van der Waals surface area (Å²) in [5.41, 5.74) is 6.43. The van der Waals surface area contributed by atoms with Crippen LogP contribution in [0.1, 0.15) is 17.3 Å². The van der Waals surface area contributed by atoms with E-state index >= 15 is 0 Å². The number of aliphatic hydroxyl groups excluding tert-OH is 1. The predicted molar refractivity (Wildman–Crippen MR) is 64.4 cm³/mol. The summed E-state index contributed by atoms with van der Waals surface area (Å²) in [6.45, 7) is 2.29. The van der Waals surface area contributed by atoms with Gasteiger partial charge >= 0.3 is 0 Å². The summed E-state index contributed by atoms with van der Waals surface area (Å²) in [5.74, 6) is -0.234. The zero-order valence-corrected chi connectivity index (χ0v) is 9.79. The largest absolute Gasteiger partial charge is 0.399 e. The molecule has 0 radical (unpaired) electrons. The third kappa shape index (κ3) is 3.40. The molecular formula is C11H15ClN2O2. The number of carbonyl (C=O) groups excluding carboxylic acids is 1. The molecule has 0 aromatic heterocycles. The summed E-state index contributed by atoms with van der Waals surface area (Å²) in [6.07, 6.45) is 0. The second-order valence-corrected chi connectivity index (χ2v) is 4.14. The molecule has 5 heteroatoms. The molecule has 0 aliphatic carbocycles. The Morgan fingerprint density at radius 2 is 2.31 bits per heavy atom. The number of amides is 1. The Labute approximate surface area is 99.4 Å². The van der Waals surface area contributed by atoms with E-state index in [2.05, 4.69) is 5.32 Å². The molecule has 0 saturated carbocycles.